The van der Waals surface area contributed by atoms with Gasteiger partial charge in [-0.3, -0.25) is 4.68 Å². The quantitative estimate of drug-likeness (QED) is 0.694. The van der Waals surface area contributed by atoms with Crippen molar-refractivity contribution in [2.45, 2.75) is 32.7 Å². The number of rotatable bonds is 1. The van der Waals surface area contributed by atoms with E-state index >= 15 is 0 Å². The molecule has 0 aliphatic carbocycles. The van der Waals surface area contributed by atoms with E-state index in [-0.39, 0.29) is 12.0 Å². The van der Waals surface area contributed by atoms with E-state index in [1.165, 1.54) is 0 Å². The molecule has 1 aromatic rings. The molecular formula is C9H12ClN3. The van der Waals surface area contributed by atoms with E-state index in [2.05, 4.69) is 25.9 Å². The van der Waals surface area contributed by atoms with Crippen LogP contribution in [0, 0.1) is 11.3 Å². The molecule has 1 rings (SSSR count). The fourth-order valence-corrected chi connectivity index (χ4v) is 1.48. The summed E-state index contributed by atoms with van der Waals surface area (Å²) in [4.78, 5) is 0. The maximum Gasteiger partial charge on any atom is 0.154 e. The van der Waals surface area contributed by atoms with Crippen LogP contribution in [0.5, 0.6) is 0 Å². The monoisotopic (exact) mass is 197 g/mol. The molecule has 0 aliphatic rings. The van der Waals surface area contributed by atoms with Gasteiger partial charge in [0.1, 0.15) is 6.54 Å². The van der Waals surface area contributed by atoms with E-state index in [4.69, 9.17) is 16.9 Å². The molecule has 0 amide bonds. The lowest BCUT2D eigenvalue weighted by Crippen LogP contribution is -2.10. The average molecular weight is 198 g/mol. The summed E-state index contributed by atoms with van der Waals surface area (Å²) < 4.78 is 1.56. The number of halogens is 1. The molecule has 0 aromatic carbocycles. The molecule has 0 saturated heterocycles. The van der Waals surface area contributed by atoms with Gasteiger partial charge in [-0.25, -0.2) is 0 Å². The Morgan fingerprint density at radius 2 is 2.23 bits per heavy atom. The molecule has 0 radical (unpaired) electrons. The van der Waals surface area contributed by atoms with Gasteiger partial charge in [-0.15, -0.1) is 0 Å². The minimum Gasteiger partial charge on any atom is -0.257 e. The van der Waals surface area contributed by atoms with Gasteiger partial charge < -0.3 is 0 Å². The molecule has 4 heteroatoms. The van der Waals surface area contributed by atoms with Crippen LogP contribution in [0.25, 0.3) is 0 Å². The van der Waals surface area contributed by atoms with Crippen molar-refractivity contribution in [2.75, 3.05) is 0 Å². The standard InChI is InChI=1S/C9H12ClN3/c1-9(2,3)7-6-13(5-4-11)12-8(7)10/h6H,5H2,1-3H3. The highest BCUT2D eigenvalue weighted by Gasteiger charge is 2.20. The second-order valence-corrected chi connectivity index (χ2v) is 4.30. The highest BCUT2D eigenvalue weighted by molar-refractivity contribution is 6.30. The summed E-state index contributed by atoms with van der Waals surface area (Å²) in [5, 5.41) is 13.0. The first-order valence-electron chi connectivity index (χ1n) is 4.05. The van der Waals surface area contributed by atoms with E-state index in [1.807, 2.05) is 12.3 Å². The predicted molar refractivity (Wildman–Crippen MR) is 51.6 cm³/mol. The summed E-state index contributed by atoms with van der Waals surface area (Å²) in [6.07, 6.45) is 1.82. The Bertz CT molecular complexity index is 341. The summed E-state index contributed by atoms with van der Waals surface area (Å²) in [7, 11) is 0. The first-order valence-corrected chi connectivity index (χ1v) is 4.43. The topological polar surface area (TPSA) is 41.6 Å². The Kier molecular flexibility index (Phi) is 2.63. The summed E-state index contributed by atoms with van der Waals surface area (Å²) in [6, 6.07) is 2.02. The Balaban J connectivity index is 3.05. The second kappa shape index (κ2) is 3.39. The molecule has 0 N–H and O–H groups in total. The second-order valence-electron chi connectivity index (χ2n) is 3.94. The van der Waals surface area contributed by atoms with Gasteiger partial charge >= 0.3 is 0 Å². The molecule has 0 atom stereocenters. The molecule has 13 heavy (non-hydrogen) atoms. The van der Waals surface area contributed by atoms with E-state index < -0.39 is 0 Å². The Morgan fingerprint density at radius 1 is 1.62 bits per heavy atom. The fourth-order valence-electron chi connectivity index (χ4n) is 1.05. The molecule has 70 valence electrons. The normalized spacial score (nSPS) is 11.3. The summed E-state index contributed by atoms with van der Waals surface area (Å²) in [5.41, 5.74) is 0.953. The van der Waals surface area contributed by atoms with Crippen molar-refractivity contribution in [2.24, 2.45) is 0 Å². The lowest BCUT2D eigenvalue weighted by Gasteiger charge is -2.15. The predicted octanol–water partition coefficient (Wildman–Crippen LogP) is 2.36. The molecule has 3 nitrogen and oxygen atoms in total. The molecule has 0 spiro atoms. The van der Waals surface area contributed by atoms with Crippen molar-refractivity contribution in [1.29, 1.82) is 5.26 Å². The van der Waals surface area contributed by atoms with Crippen LogP contribution >= 0.6 is 11.6 Å². The molecule has 1 aromatic heterocycles. The van der Waals surface area contributed by atoms with Crippen molar-refractivity contribution in [3.63, 3.8) is 0 Å². The molecule has 1 heterocycles. The molecule has 0 bridgehead atoms. The largest absolute Gasteiger partial charge is 0.257 e. The number of nitrogens with zero attached hydrogens (tertiary/aromatic N) is 3. The molecule has 0 fully saturated rings. The minimum absolute atomic E-state index is 0.0230. The van der Waals surface area contributed by atoms with E-state index in [0.717, 1.165) is 5.56 Å². The Morgan fingerprint density at radius 3 is 2.62 bits per heavy atom. The maximum atomic E-state index is 8.47. The van der Waals surface area contributed by atoms with Crippen LogP contribution in [0.3, 0.4) is 0 Å². The molecule has 0 aliphatic heterocycles. The fraction of sp³-hybridized carbons (Fsp3) is 0.556. The highest BCUT2D eigenvalue weighted by Crippen LogP contribution is 2.27. The van der Waals surface area contributed by atoms with Crippen molar-refractivity contribution in [3.8, 4) is 6.07 Å². The van der Waals surface area contributed by atoms with Crippen LogP contribution in [-0.4, -0.2) is 9.78 Å². The van der Waals surface area contributed by atoms with Gasteiger partial charge in [0.2, 0.25) is 0 Å². The first kappa shape index (κ1) is 10.1. The Labute approximate surface area is 82.9 Å². The van der Waals surface area contributed by atoms with Gasteiger partial charge in [0.15, 0.2) is 5.15 Å². The summed E-state index contributed by atoms with van der Waals surface area (Å²) in [5.74, 6) is 0. The zero-order valence-corrected chi connectivity index (χ0v) is 8.76. The van der Waals surface area contributed by atoms with E-state index in [9.17, 15) is 0 Å². The molecule has 0 saturated carbocycles. The molecule has 0 unspecified atom stereocenters. The van der Waals surface area contributed by atoms with Crippen molar-refractivity contribution in [1.82, 2.24) is 9.78 Å². The van der Waals surface area contributed by atoms with Crippen LogP contribution in [-0.2, 0) is 12.0 Å². The first-order chi connectivity index (χ1) is 5.95. The van der Waals surface area contributed by atoms with Gasteiger partial charge in [0.05, 0.1) is 6.07 Å². The van der Waals surface area contributed by atoms with Crippen molar-refractivity contribution >= 4 is 11.6 Å². The van der Waals surface area contributed by atoms with Crippen LogP contribution in [0.4, 0.5) is 0 Å². The zero-order chi connectivity index (χ0) is 10.1. The van der Waals surface area contributed by atoms with Crippen LogP contribution in [0.1, 0.15) is 26.3 Å². The average Bonchev–Trinajstić information content (AvgIpc) is 2.30. The maximum absolute atomic E-state index is 8.47. The van der Waals surface area contributed by atoms with Crippen LogP contribution in [0.15, 0.2) is 6.20 Å². The Hall–Kier alpha value is -1.01. The van der Waals surface area contributed by atoms with Gasteiger partial charge in [-0.05, 0) is 5.41 Å². The highest BCUT2D eigenvalue weighted by atomic mass is 35.5. The minimum atomic E-state index is -0.0230. The van der Waals surface area contributed by atoms with E-state index in [0.29, 0.717) is 5.15 Å². The smallest absolute Gasteiger partial charge is 0.154 e. The van der Waals surface area contributed by atoms with E-state index in [1.54, 1.807) is 4.68 Å². The zero-order valence-electron chi connectivity index (χ0n) is 8.00. The van der Waals surface area contributed by atoms with Gasteiger partial charge in [-0.2, -0.15) is 10.4 Å². The van der Waals surface area contributed by atoms with Crippen molar-refractivity contribution in [3.05, 3.63) is 16.9 Å². The number of hydrogen-bond donors (Lipinski definition) is 0. The third-order valence-corrected chi connectivity index (χ3v) is 2.04. The van der Waals surface area contributed by atoms with Crippen molar-refractivity contribution < 1.29 is 0 Å². The van der Waals surface area contributed by atoms with Gasteiger partial charge in [0, 0.05) is 11.8 Å². The lowest BCUT2D eigenvalue weighted by molar-refractivity contribution is 0.588. The van der Waals surface area contributed by atoms with Crippen LogP contribution < -0.4 is 0 Å². The number of aromatic nitrogens is 2. The van der Waals surface area contributed by atoms with Gasteiger partial charge in [-0.1, -0.05) is 32.4 Å². The summed E-state index contributed by atoms with van der Waals surface area (Å²) in [6.45, 7) is 6.43. The number of hydrogen-bond acceptors (Lipinski definition) is 2. The third-order valence-electron chi connectivity index (χ3n) is 1.76. The third kappa shape index (κ3) is 2.22. The summed E-state index contributed by atoms with van der Waals surface area (Å²) >= 11 is 5.92. The number of nitriles is 1. The lowest BCUT2D eigenvalue weighted by atomic mass is 9.90. The molecular weight excluding hydrogens is 186 g/mol. The van der Waals surface area contributed by atoms with Crippen LogP contribution in [0.2, 0.25) is 5.15 Å². The van der Waals surface area contributed by atoms with Gasteiger partial charge in [0.25, 0.3) is 0 Å². The SMILES string of the molecule is CC(C)(C)c1cn(CC#N)nc1Cl.